The first kappa shape index (κ1) is 14.3. The Balaban J connectivity index is 1.84. The third-order valence-electron chi connectivity index (χ3n) is 3.77. The fraction of sp³-hybridized carbons (Fsp3) is 0.500. The van der Waals surface area contributed by atoms with Crippen LogP contribution in [0, 0.1) is 0 Å². The molecule has 1 saturated carbocycles. The minimum absolute atomic E-state index is 0.747. The molecule has 1 N–H and O–H groups in total. The maximum atomic E-state index is 6.16. The van der Waals surface area contributed by atoms with Crippen LogP contribution in [0.25, 0.3) is 10.9 Å². The van der Waals surface area contributed by atoms with Crippen LogP contribution in [0.5, 0.6) is 0 Å². The third-order valence-corrected chi connectivity index (χ3v) is 4.88. The SMILES string of the molecule is CCSCCn1cc(CNC2CC2)c2ccc(Cl)cc21. The molecule has 0 radical (unpaired) electrons. The Hall–Kier alpha value is -0.640. The van der Waals surface area contributed by atoms with Crippen molar-refractivity contribution in [3.63, 3.8) is 0 Å². The molecule has 1 aromatic heterocycles. The van der Waals surface area contributed by atoms with Gasteiger partial charge < -0.3 is 9.88 Å². The van der Waals surface area contributed by atoms with E-state index in [0.29, 0.717) is 0 Å². The average Bonchev–Trinajstić information content (AvgIpc) is 3.21. The molecule has 2 aromatic rings. The van der Waals surface area contributed by atoms with E-state index in [1.54, 1.807) is 0 Å². The van der Waals surface area contributed by atoms with E-state index in [2.05, 4.69) is 35.1 Å². The van der Waals surface area contributed by atoms with E-state index in [1.807, 2.05) is 17.8 Å². The Morgan fingerprint density at radius 2 is 2.25 bits per heavy atom. The van der Waals surface area contributed by atoms with Crippen LogP contribution < -0.4 is 5.32 Å². The first-order valence-corrected chi connectivity index (χ1v) is 8.89. The van der Waals surface area contributed by atoms with E-state index >= 15 is 0 Å². The van der Waals surface area contributed by atoms with Crippen LogP contribution >= 0.6 is 23.4 Å². The van der Waals surface area contributed by atoms with Crippen molar-refractivity contribution in [2.45, 2.75) is 38.9 Å². The lowest BCUT2D eigenvalue weighted by atomic mass is 10.2. The summed E-state index contributed by atoms with van der Waals surface area (Å²) in [7, 11) is 0. The molecule has 1 heterocycles. The highest BCUT2D eigenvalue weighted by molar-refractivity contribution is 7.99. The lowest BCUT2D eigenvalue weighted by molar-refractivity contribution is 0.686. The molecule has 0 spiro atoms. The summed E-state index contributed by atoms with van der Waals surface area (Å²) < 4.78 is 2.35. The van der Waals surface area contributed by atoms with Crippen LogP contribution in [0.1, 0.15) is 25.3 Å². The number of nitrogens with zero attached hydrogens (tertiary/aromatic N) is 1. The largest absolute Gasteiger partial charge is 0.346 e. The summed E-state index contributed by atoms with van der Waals surface area (Å²) in [5.41, 5.74) is 2.66. The van der Waals surface area contributed by atoms with Gasteiger partial charge in [0.25, 0.3) is 0 Å². The highest BCUT2D eigenvalue weighted by atomic mass is 35.5. The second-order valence-corrected chi connectivity index (χ2v) is 7.19. The summed E-state index contributed by atoms with van der Waals surface area (Å²) in [6, 6.07) is 6.99. The fourth-order valence-corrected chi connectivity index (χ4v) is 3.30. The summed E-state index contributed by atoms with van der Waals surface area (Å²) >= 11 is 8.15. The molecule has 20 heavy (non-hydrogen) atoms. The van der Waals surface area contributed by atoms with E-state index in [9.17, 15) is 0 Å². The standard InChI is InChI=1S/C16H21ClN2S/c1-2-20-8-7-19-11-12(10-18-14-4-5-14)15-6-3-13(17)9-16(15)19/h3,6,9,11,14,18H,2,4-5,7-8,10H2,1H3. The summed E-state index contributed by atoms with van der Waals surface area (Å²) in [5.74, 6) is 2.33. The Morgan fingerprint density at radius 1 is 1.40 bits per heavy atom. The molecule has 1 fully saturated rings. The number of fused-ring (bicyclic) bond motifs is 1. The second kappa shape index (κ2) is 6.42. The second-order valence-electron chi connectivity index (χ2n) is 5.36. The minimum Gasteiger partial charge on any atom is -0.346 e. The lowest BCUT2D eigenvalue weighted by Gasteiger charge is -2.04. The molecular weight excluding hydrogens is 288 g/mol. The predicted molar refractivity (Wildman–Crippen MR) is 89.8 cm³/mol. The highest BCUT2D eigenvalue weighted by Gasteiger charge is 2.20. The number of hydrogen-bond acceptors (Lipinski definition) is 2. The van der Waals surface area contributed by atoms with Gasteiger partial charge in [-0.3, -0.25) is 0 Å². The van der Waals surface area contributed by atoms with Crippen molar-refractivity contribution < 1.29 is 0 Å². The molecule has 1 aromatic carbocycles. The van der Waals surface area contributed by atoms with Gasteiger partial charge in [0.05, 0.1) is 0 Å². The van der Waals surface area contributed by atoms with Gasteiger partial charge >= 0.3 is 0 Å². The van der Waals surface area contributed by atoms with Crippen LogP contribution in [-0.2, 0) is 13.1 Å². The van der Waals surface area contributed by atoms with Gasteiger partial charge in [0.15, 0.2) is 0 Å². The van der Waals surface area contributed by atoms with Crippen molar-refractivity contribution >= 4 is 34.3 Å². The maximum Gasteiger partial charge on any atom is 0.0498 e. The summed E-state index contributed by atoms with van der Waals surface area (Å²) in [6.07, 6.45) is 4.96. The van der Waals surface area contributed by atoms with E-state index < -0.39 is 0 Å². The number of benzene rings is 1. The van der Waals surface area contributed by atoms with Crippen molar-refractivity contribution in [3.05, 3.63) is 35.0 Å². The quantitative estimate of drug-likeness (QED) is 0.768. The van der Waals surface area contributed by atoms with Crippen molar-refractivity contribution in [2.24, 2.45) is 0 Å². The predicted octanol–water partition coefficient (Wildman–Crippen LogP) is 4.30. The molecule has 1 aliphatic rings. The van der Waals surface area contributed by atoms with Gasteiger partial charge in [-0.05, 0) is 36.3 Å². The molecule has 2 nitrogen and oxygen atoms in total. The molecule has 0 saturated heterocycles. The third kappa shape index (κ3) is 3.33. The zero-order chi connectivity index (χ0) is 13.9. The number of thioether (sulfide) groups is 1. The van der Waals surface area contributed by atoms with Crippen LogP contribution in [0.4, 0.5) is 0 Å². The van der Waals surface area contributed by atoms with Crippen LogP contribution in [-0.4, -0.2) is 22.1 Å². The molecular formula is C16H21ClN2S. The maximum absolute atomic E-state index is 6.16. The van der Waals surface area contributed by atoms with Gasteiger partial charge in [0, 0.05) is 47.0 Å². The van der Waals surface area contributed by atoms with Crippen molar-refractivity contribution in [1.82, 2.24) is 9.88 Å². The van der Waals surface area contributed by atoms with E-state index in [-0.39, 0.29) is 0 Å². The fourth-order valence-electron chi connectivity index (χ4n) is 2.52. The monoisotopic (exact) mass is 308 g/mol. The number of hydrogen-bond donors (Lipinski definition) is 1. The van der Waals surface area contributed by atoms with Gasteiger partial charge in [-0.15, -0.1) is 0 Å². The zero-order valence-corrected chi connectivity index (χ0v) is 13.4. The first-order chi connectivity index (χ1) is 9.78. The number of aryl methyl sites for hydroxylation is 1. The summed E-state index contributed by atoms with van der Waals surface area (Å²) in [6.45, 7) is 4.23. The number of nitrogens with one attached hydrogen (secondary N) is 1. The number of halogens is 1. The molecule has 0 bridgehead atoms. The van der Waals surface area contributed by atoms with Gasteiger partial charge in [0.2, 0.25) is 0 Å². The Labute approximate surface area is 129 Å². The first-order valence-electron chi connectivity index (χ1n) is 7.36. The van der Waals surface area contributed by atoms with Crippen molar-refractivity contribution in [2.75, 3.05) is 11.5 Å². The van der Waals surface area contributed by atoms with Crippen molar-refractivity contribution in [3.8, 4) is 0 Å². The summed E-state index contributed by atoms with van der Waals surface area (Å²) in [4.78, 5) is 0. The highest BCUT2D eigenvalue weighted by Crippen LogP contribution is 2.26. The molecule has 0 aliphatic heterocycles. The van der Waals surface area contributed by atoms with E-state index in [4.69, 9.17) is 11.6 Å². The van der Waals surface area contributed by atoms with Crippen LogP contribution in [0.2, 0.25) is 5.02 Å². The van der Waals surface area contributed by atoms with Gasteiger partial charge in [-0.1, -0.05) is 24.6 Å². The smallest absolute Gasteiger partial charge is 0.0498 e. The number of rotatable bonds is 7. The summed E-state index contributed by atoms with van der Waals surface area (Å²) in [5, 5.41) is 5.77. The molecule has 108 valence electrons. The minimum atomic E-state index is 0.747. The zero-order valence-electron chi connectivity index (χ0n) is 11.9. The van der Waals surface area contributed by atoms with Crippen LogP contribution in [0.3, 0.4) is 0 Å². The Morgan fingerprint density at radius 3 is 3.00 bits per heavy atom. The van der Waals surface area contributed by atoms with Crippen molar-refractivity contribution in [1.29, 1.82) is 0 Å². The van der Waals surface area contributed by atoms with Gasteiger partial charge in [-0.25, -0.2) is 0 Å². The lowest BCUT2D eigenvalue weighted by Crippen LogP contribution is -2.14. The Kier molecular flexibility index (Phi) is 4.59. The molecule has 0 unspecified atom stereocenters. The van der Waals surface area contributed by atoms with Gasteiger partial charge in [-0.2, -0.15) is 11.8 Å². The topological polar surface area (TPSA) is 17.0 Å². The normalized spacial score (nSPS) is 15.1. The number of aromatic nitrogens is 1. The molecule has 4 heteroatoms. The van der Waals surface area contributed by atoms with Crippen LogP contribution in [0.15, 0.2) is 24.4 Å². The average molecular weight is 309 g/mol. The molecule has 0 atom stereocenters. The Bertz CT molecular complexity index is 589. The van der Waals surface area contributed by atoms with E-state index in [0.717, 1.165) is 29.9 Å². The van der Waals surface area contributed by atoms with Gasteiger partial charge in [0.1, 0.15) is 0 Å². The molecule has 3 rings (SSSR count). The molecule has 1 aliphatic carbocycles. The molecule has 0 amide bonds. The van der Waals surface area contributed by atoms with E-state index in [1.165, 1.54) is 35.1 Å².